The fraction of sp³-hybridized carbons (Fsp3) is 0.368. The third-order valence-electron chi connectivity index (χ3n) is 4.03. The maximum atomic E-state index is 12.8. The van der Waals surface area contributed by atoms with Crippen molar-refractivity contribution in [1.29, 1.82) is 0 Å². The van der Waals surface area contributed by atoms with Gasteiger partial charge in [-0.2, -0.15) is 12.8 Å². The molecule has 0 radical (unpaired) electrons. The normalized spacial score (nSPS) is 17.3. The number of ketones is 1. The Bertz CT molecular complexity index is 878. The monoisotopic (exact) mass is 345 g/mol. The van der Waals surface area contributed by atoms with Crippen molar-refractivity contribution < 1.29 is 13.2 Å². The van der Waals surface area contributed by atoms with E-state index in [0.29, 0.717) is 28.0 Å². The summed E-state index contributed by atoms with van der Waals surface area (Å²) >= 11 is 0. The summed E-state index contributed by atoms with van der Waals surface area (Å²) in [5, 5.41) is 0. The van der Waals surface area contributed by atoms with Gasteiger partial charge in [0.05, 0.1) is 10.6 Å². The molecule has 24 heavy (non-hydrogen) atoms. The lowest BCUT2D eigenvalue weighted by Crippen LogP contribution is -2.17. The van der Waals surface area contributed by atoms with Crippen LogP contribution in [0.5, 0.6) is 0 Å². The van der Waals surface area contributed by atoms with Gasteiger partial charge in [-0.25, -0.2) is 0 Å². The molecule has 0 amide bonds. The molecule has 1 aromatic carbocycles. The molecule has 0 bridgehead atoms. The molecule has 0 heterocycles. The molecule has 0 saturated heterocycles. The Balaban J connectivity index is 2.61. The highest BCUT2D eigenvalue weighted by molar-refractivity contribution is 7.90. The highest BCUT2D eigenvalue weighted by Gasteiger charge is 2.23. The Morgan fingerprint density at radius 3 is 2.00 bits per heavy atom. The maximum absolute atomic E-state index is 12.8. The van der Waals surface area contributed by atoms with Crippen LogP contribution < -0.4 is 0 Å². The fourth-order valence-electron chi connectivity index (χ4n) is 2.98. The predicted octanol–water partition coefficient (Wildman–Crippen LogP) is 3.85. The predicted molar refractivity (Wildman–Crippen MR) is 97.0 cm³/mol. The summed E-state index contributed by atoms with van der Waals surface area (Å²) < 4.78 is 29.7. The van der Waals surface area contributed by atoms with E-state index < -0.39 is 10.0 Å². The molecule has 0 unspecified atom stereocenters. The van der Waals surface area contributed by atoms with E-state index in [-0.39, 0.29) is 16.6 Å². The average Bonchev–Trinajstić information content (AvgIpc) is 2.39. The van der Waals surface area contributed by atoms with Gasteiger partial charge in [-0.1, -0.05) is 31.5 Å². The van der Waals surface area contributed by atoms with Crippen LogP contribution in [0.15, 0.2) is 44.7 Å². The lowest BCUT2D eigenvalue weighted by molar-refractivity contribution is -0.111. The summed E-state index contributed by atoms with van der Waals surface area (Å²) in [6, 6.07) is 3.67. The Kier molecular flexibility index (Phi) is 4.95. The zero-order valence-electron chi connectivity index (χ0n) is 15.0. The molecule has 1 aromatic rings. The third kappa shape index (κ3) is 3.56. The van der Waals surface area contributed by atoms with Gasteiger partial charge in [-0.3, -0.25) is 4.79 Å². The number of allylic oxidation sites excluding steroid dienone is 4. The lowest BCUT2D eigenvalue weighted by atomic mass is 9.90. The lowest BCUT2D eigenvalue weighted by Gasteiger charge is -2.16. The topological polar surface area (TPSA) is 63.6 Å². The molecular weight excluding hydrogens is 322 g/mol. The van der Waals surface area contributed by atoms with E-state index >= 15 is 0 Å². The van der Waals surface area contributed by atoms with E-state index in [0.717, 1.165) is 5.56 Å². The third-order valence-corrected chi connectivity index (χ3v) is 5.63. The molecule has 0 aromatic heterocycles. The van der Waals surface area contributed by atoms with Crippen molar-refractivity contribution in [3.8, 4) is 0 Å². The molecule has 4 nitrogen and oxygen atoms in total. The van der Waals surface area contributed by atoms with Gasteiger partial charge in [0.15, 0.2) is 5.78 Å². The molecule has 0 saturated carbocycles. The van der Waals surface area contributed by atoms with Crippen LogP contribution in [0.25, 0.3) is 0 Å². The average molecular weight is 345 g/mol. The summed E-state index contributed by atoms with van der Waals surface area (Å²) in [4.78, 5) is 12.3. The van der Waals surface area contributed by atoms with Crippen molar-refractivity contribution >= 4 is 21.5 Å². The van der Waals surface area contributed by atoms with Crippen molar-refractivity contribution in [3.63, 3.8) is 0 Å². The Morgan fingerprint density at radius 1 is 0.958 bits per heavy atom. The van der Waals surface area contributed by atoms with Crippen LogP contribution in [0, 0.1) is 26.7 Å². The number of benzene rings is 1. The van der Waals surface area contributed by atoms with E-state index in [9.17, 15) is 13.2 Å². The zero-order chi connectivity index (χ0) is 18.2. The minimum atomic E-state index is -3.85. The van der Waals surface area contributed by atoms with Crippen molar-refractivity contribution in [2.24, 2.45) is 10.3 Å². The number of aryl methyl sites for hydroxylation is 3. The Labute approximate surface area is 144 Å². The number of hydrogen-bond donors (Lipinski definition) is 0. The van der Waals surface area contributed by atoms with Crippen LogP contribution in [0.1, 0.15) is 37.5 Å². The number of rotatable bonds is 3. The van der Waals surface area contributed by atoms with Gasteiger partial charge in [0, 0.05) is 5.57 Å². The summed E-state index contributed by atoms with van der Waals surface area (Å²) in [6.07, 6.45) is 3.05. The molecule has 1 aliphatic carbocycles. The first kappa shape index (κ1) is 18.3. The molecule has 0 N–H and O–H groups in total. The quantitative estimate of drug-likeness (QED) is 0.782. The SMILES string of the molecule is CC1=CC(=O)C(C(C)C)=C/C1=N\S(=O)(=O)c1c(C)cc(C)cc1C. The van der Waals surface area contributed by atoms with Gasteiger partial charge in [0.1, 0.15) is 0 Å². The smallest absolute Gasteiger partial charge is 0.283 e. The van der Waals surface area contributed by atoms with Gasteiger partial charge in [0.2, 0.25) is 0 Å². The van der Waals surface area contributed by atoms with Gasteiger partial charge in [-0.15, -0.1) is 0 Å². The number of carbonyl (C=O) groups excluding carboxylic acids is 1. The maximum Gasteiger partial charge on any atom is 0.283 e. The molecule has 128 valence electrons. The van der Waals surface area contributed by atoms with Crippen molar-refractivity contribution in [1.82, 2.24) is 0 Å². The summed E-state index contributed by atoms with van der Waals surface area (Å²) in [6.45, 7) is 11.0. The van der Waals surface area contributed by atoms with Gasteiger partial charge >= 0.3 is 0 Å². The largest absolute Gasteiger partial charge is 0.290 e. The van der Waals surface area contributed by atoms with E-state index in [1.54, 1.807) is 26.8 Å². The van der Waals surface area contributed by atoms with Crippen molar-refractivity contribution in [2.45, 2.75) is 46.4 Å². The van der Waals surface area contributed by atoms with Crippen LogP contribution in [-0.4, -0.2) is 19.9 Å². The molecule has 0 atom stereocenters. The second-order valence-electron chi connectivity index (χ2n) is 6.63. The molecule has 1 aliphatic rings. The Morgan fingerprint density at radius 2 is 1.50 bits per heavy atom. The molecule has 2 rings (SSSR count). The van der Waals surface area contributed by atoms with E-state index in [4.69, 9.17) is 0 Å². The highest BCUT2D eigenvalue weighted by Crippen LogP contribution is 2.26. The minimum Gasteiger partial charge on any atom is -0.290 e. The van der Waals surface area contributed by atoms with Gasteiger partial charge < -0.3 is 0 Å². The first-order chi connectivity index (χ1) is 11.0. The first-order valence-electron chi connectivity index (χ1n) is 7.90. The summed E-state index contributed by atoms with van der Waals surface area (Å²) in [7, 11) is -3.85. The second kappa shape index (κ2) is 6.48. The summed E-state index contributed by atoms with van der Waals surface area (Å²) in [5.41, 5.74) is 3.84. The van der Waals surface area contributed by atoms with E-state index in [1.807, 2.05) is 32.9 Å². The van der Waals surface area contributed by atoms with Crippen LogP contribution >= 0.6 is 0 Å². The van der Waals surface area contributed by atoms with E-state index in [2.05, 4.69) is 4.40 Å². The minimum absolute atomic E-state index is 0.0117. The second-order valence-corrected chi connectivity index (χ2v) is 8.17. The molecular formula is C19H23NO3S. The number of carbonyl (C=O) groups is 1. The highest BCUT2D eigenvalue weighted by atomic mass is 32.2. The number of nitrogens with zero attached hydrogens (tertiary/aromatic N) is 1. The first-order valence-corrected chi connectivity index (χ1v) is 9.34. The Hall–Kier alpha value is -2.01. The number of sulfonamides is 1. The van der Waals surface area contributed by atoms with Crippen LogP contribution in [-0.2, 0) is 14.8 Å². The zero-order valence-corrected chi connectivity index (χ0v) is 15.8. The van der Waals surface area contributed by atoms with Crippen LogP contribution in [0.2, 0.25) is 0 Å². The van der Waals surface area contributed by atoms with Crippen molar-refractivity contribution in [2.75, 3.05) is 0 Å². The van der Waals surface area contributed by atoms with E-state index in [1.165, 1.54) is 6.08 Å². The van der Waals surface area contributed by atoms with Crippen LogP contribution in [0.4, 0.5) is 0 Å². The standard InChI is InChI=1S/C19H23NO3S/c1-11(2)16-10-17(13(4)9-18(16)21)20-24(22,23)19-14(5)7-12(3)8-15(19)6/h7-11H,1-6H3/b20-17+. The van der Waals surface area contributed by atoms with Gasteiger partial charge in [0.25, 0.3) is 10.0 Å². The van der Waals surface area contributed by atoms with Crippen molar-refractivity contribution in [3.05, 3.63) is 52.1 Å². The fourth-order valence-corrected chi connectivity index (χ4v) is 4.46. The molecule has 5 heteroatoms. The van der Waals surface area contributed by atoms with Crippen LogP contribution in [0.3, 0.4) is 0 Å². The van der Waals surface area contributed by atoms with Gasteiger partial charge in [-0.05, 0) is 62.5 Å². The molecule has 0 aliphatic heterocycles. The number of hydrogen-bond acceptors (Lipinski definition) is 3. The summed E-state index contributed by atoms with van der Waals surface area (Å²) in [5.74, 6) is -0.0702. The molecule has 0 spiro atoms. The molecule has 0 fully saturated rings.